The third-order valence-corrected chi connectivity index (χ3v) is 7.79. The number of nitrogens with one attached hydrogen (secondary N) is 1. The Balaban J connectivity index is 1.64. The van der Waals surface area contributed by atoms with Gasteiger partial charge >= 0.3 is 0 Å². The number of benzene rings is 3. The molecule has 0 aliphatic carbocycles. The highest BCUT2D eigenvalue weighted by molar-refractivity contribution is 7.99. The molecule has 0 saturated heterocycles. The Morgan fingerprint density at radius 1 is 0.906 bits per heavy atom. The highest BCUT2D eigenvalue weighted by Crippen LogP contribution is 2.24. The molecule has 1 amide bonds. The molecule has 0 bridgehead atoms. The SMILES string of the molecule is CCc1ccc(N(CC(=O)NCCCSc2ccccc2)S(=O)(=O)c2ccccc2)cc1. The molecule has 0 atom stereocenters. The zero-order valence-corrected chi connectivity index (χ0v) is 19.7. The van der Waals surface area contributed by atoms with E-state index in [0.29, 0.717) is 12.2 Å². The Hall–Kier alpha value is -2.77. The predicted octanol–water partition coefficient (Wildman–Crippen LogP) is 4.74. The van der Waals surface area contributed by atoms with Gasteiger partial charge in [0.05, 0.1) is 10.6 Å². The summed E-state index contributed by atoms with van der Waals surface area (Å²) in [6.07, 6.45) is 1.65. The Labute approximate surface area is 194 Å². The quantitative estimate of drug-likeness (QED) is 0.326. The summed E-state index contributed by atoms with van der Waals surface area (Å²) in [6.45, 7) is 2.26. The molecule has 3 aromatic rings. The lowest BCUT2D eigenvalue weighted by atomic mass is 10.1. The number of aryl methyl sites for hydroxylation is 1. The van der Waals surface area contributed by atoms with E-state index >= 15 is 0 Å². The van der Waals surface area contributed by atoms with Gasteiger partial charge in [0.25, 0.3) is 10.0 Å². The van der Waals surface area contributed by atoms with E-state index in [4.69, 9.17) is 0 Å². The van der Waals surface area contributed by atoms with Gasteiger partial charge in [0.2, 0.25) is 5.91 Å². The molecular weight excluding hydrogens is 440 g/mol. The summed E-state index contributed by atoms with van der Waals surface area (Å²) in [6, 6.07) is 25.6. The van der Waals surface area contributed by atoms with E-state index in [9.17, 15) is 13.2 Å². The zero-order chi connectivity index (χ0) is 22.8. The van der Waals surface area contributed by atoms with E-state index in [1.165, 1.54) is 9.20 Å². The molecule has 3 rings (SSSR count). The van der Waals surface area contributed by atoms with E-state index in [2.05, 4.69) is 17.4 Å². The average Bonchev–Trinajstić information content (AvgIpc) is 2.83. The van der Waals surface area contributed by atoms with Crippen molar-refractivity contribution in [2.45, 2.75) is 29.6 Å². The van der Waals surface area contributed by atoms with Crippen LogP contribution in [0.4, 0.5) is 5.69 Å². The second-order valence-electron chi connectivity index (χ2n) is 7.21. The minimum atomic E-state index is -3.87. The van der Waals surface area contributed by atoms with Crippen LogP contribution in [-0.2, 0) is 21.2 Å². The van der Waals surface area contributed by atoms with Gasteiger partial charge in [-0.05, 0) is 60.6 Å². The summed E-state index contributed by atoms with van der Waals surface area (Å²) in [7, 11) is -3.87. The van der Waals surface area contributed by atoms with Gasteiger partial charge in [-0.1, -0.05) is 55.5 Å². The first kappa shape index (κ1) is 23.9. The van der Waals surface area contributed by atoms with E-state index < -0.39 is 10.0 Å². The average molecular weight is 469 g/mol. The fourth-order valence-corrected chi connectivity index (χ4v) is 5.44. The summed E-state index contributed by atoms with van der Waals surface area (Å²) < 4.78 is 27.8. The predicted molar refractivity (Wildman–Crippen MR) is 132 cm³/mol. The third kappa shape index (κ3) is 6.61. The number of sulfonamides is 1. The molecule has 0 fully saturated rings. The fraction of sp³-hybridized carbons (Fsp3) is 0.240. The molecule has 3 aromatic carbocycles. The number of rotatable bonds is 11. The lowest BCUT2D eigenvalue weighted by Gasteiger charge is -2.24. The number of carbonyl (C=O) groups excluding carboxylic acids is 1. The van der Waals surface area contributed by atoms with E-state index in [1.807, 2.05) is 37.3 Å². The molecule has 168 valence electrons. The molecule has 0 unspecified atom stereocenters. The normalized spacial score (nSPS) is 11.2. The smallest absolute Gasteiger partial charge is 0.264 e. The van der Waals surface area contributed by atoms with Crippen molar-refractivity contribution in [2.24, 2.45) is 0 Å². The van der Waals surface area contributed by atoms with Crippen LogP contribution >= 0.6 is 11.8 Å². The zero-order valence-electron chi connectivity index (χ0n) is 18.1. The van der Waals surface area contributed by atoms with Crippen LogP contribution in [-0.4, -0.2) is 33.2 Å². The molecule has 0 saturated carbocycles. The molecule has 0 aromatic heterocycles. The lowest BCUT2D eigenvalue weighted by molar-refractivity contribution is -0.119. The Morgan fingerprint density at radius 3 is 2.16 bits per heavy atom. The lowest BCUT2D eigenvalue weighted by Crippen LogP contribution is -2.41. The molecule has 7 heteroatoms. The Bertz CT molecular complexity index is 1090. The minimum Gasteiger partial charge on any atom is -0.354 e. The topological polar surface area (TPSA) is 66.5 Å². The summed E-state index contributed by atoms with van der Waals surface area (Å²) >= 11 is 1.73. The standard InChI is InChI=1S/C25H28N2O3S2/c1-2-21-14-16-22(17-15-21)27(32(29,30)24-12-7-4-8-13-24)20-25(28)26-18-9-19-31-23-10-5-3-6-11-23/h3-8,10-17H,2,9,18-20H2,1H3,(H,26,28). The van der Waals surface area contributed by atoms with Crippen LogP contribution in [0.2, 0.25) is 0 Å². The van der Waals surface area contributed by atoms with Crippen molar-refractivity contribution in [1.82, 2.24) is 5.32 Å². The van der Waals surface area contributed by atoms with Gasteiger partial charge in [-0.2, -0.15) is 0 Å². The van der Waals surface area contributed by atoms with Gasteiger partial charge < -0.3 is 5.32 Å². The molecule has 0 radical (unpaired) electrons. The maximum atomic E-state index is 13.3. The molecule has 32 heavy (non-hydrogen) atoms. The number of hydrogen-bond acceptors (Lipinski definition) is 4. The molecule has 0 aliphatic rings. The highest BCUT2D eigenvalue weighted by atomic mass is 32.2. The van der Waals surface area contributed by atoms with Crippen LogP contribution in [0, 0.1) is 0 Å². The minimum absolute atomic E-state index is 0.159. The first-order valence-electron chi connectivity index (χ1n) is 10.6. The van der Waals surface area contributed by atoms with Crippen LogP contribution in [0.15, 0.2) is 94.7 Å². The number of thioether (sulfide) groups is 1. The van der Waals surface area contributed by atoms with Crippen molar-refractivity contribution < 1.29 is 13.2 Å². The second kappa shape index (κ2) is 11.7. The van der Waals surface area contributed by atoms with Gasteiger partial charge in [-0.3, -0.25) is 9.10 Å². The van der Waals surface area contributed by atoms with Crippen molar-refractivity contribution in [3.8, 4) is 0 Å². The molecular formula is C25H28N2O3S2. The number of hydrogen-bond donors (Lipinski definition) is 1. The molecule has 1 N–H and O–H groups in total. The second-order valence-corrected chi connectivity index (χ2v) is 10.2. The Kier molecular flexibility index (Phi) is 8.76. The van der Waals surface area contributed by atoms with Crippen LogP contribution < -0.4 is 9.62 Å². The van der Waals surface area contributed by atoms with Crippen LogP contribution in [0.1, 0.15) is 18.9 Å². The number of anilines is 1. The van der Waals surface area contributed by atoms with Crippen LogP contribution in [0.25, 0.3) is 0 Å². The molecule has 5 nitrogen and oxygen atoms in total. The fourth-order valence-electron chi connectivity index (χ4n) is 3.13. The maximum Gasteiger partial charge on any atom is 0.264 e. The van der Waals surface area contributed by atoms with Gasteiger partial charge in [-0.25, -0.2) is 8.42 Å². The van der Waals surface area contributed by atoms with E-state index in [1.54, 1.807) is 54.2 Å². The summed E-state index contributed by atoms with van der Waals surface area (Å²) in [5, 5.41) is 2.86. The summed E-state index contributed by atoms with van der Waals surface area (Å²) in [4.78, 5) is 14.0. The Morgan fingerprint density at radius 2 is 1.53 bits per heavy atom. The summed E-state index contributed by atoms with van der Waals surface area (Å²) in [5.41, 5.74) is 1.58. The van der Waals surface area contributed by atoms with Crippen molar-refractivity contribution in [3.63, 3.8) is 0 Å². The van der Waals surface area contributed by atoms with E-state index in [0.717, 1.165) is 24.2 Å². The van der Waals surface area contributed by atoms with Gasteiger partial charge in [-0.15, -0.1) is 11.8 Å². The van der Waals surface area contributed by atoms with E-state index in [-0.39, 0.29) is 17.3 Å². The maximum absolute atomic E-state index is 13.3. The number of amides is 1. The largest absolute Gasteiger partial charge is 0.354 e. The van der Waals surface area contributed by atoms with Crippen molar-refractivity contribution in [1.29, 1.82) is 0 Å². The number of nitrogens with zero attached hydrogens (tertiary/aromatic N) is 1. The molecule has 0 aliphatic heterocycles. The molecule has 0 spiro atoms. The highest BCUT2D eigenvalue weighted by Gasteiger charge is 2.26. The van der Waals surface area contributed by atoms with Gasteiger partial charge in [0.1, 0.15) is 6.54 Å². The van der Waals surface area contributed by atoms with Crippen molar-refractivity contribution >= 4 is 33.4 Å². The first-order chi connectivity index (χ1) is 15.5. The number of carbonyl (C=O) groups is 1. The van der Waals surface area contributed by atoms with Crippen molar-refractivity contribution in [3.05, 3.63) is 90.5 Å². The van der Waals surface area contributed by atoms with Crippen LogP contribution in [0.3, 0.4) is 0 Å². The van der Waals surface area contributed by atoms with Gasteiger partial charge in [0, 0.05) is 11.4 Å². The summed E-state index contributed by atoms with van der Waals surface area (Å²) in [5.74, 6) is 0.545. The molecule has 0 heterocycles. The van der Waals surface area contributed by atoms with Gasteiger partial charge in [0.15, 0.2) is 0 Å². The monoisotopic (exact) mass is 468 g/mol. The van der Waals surface area contributed by atoms with Crippen LogP contribution in [0.5, 0.6) is 0 Å². The first-order valence-corrected chi connectivity index (χ1v) is 13.0. The van der Waals surface area contributed by atoms with Crippen molar-refractivity contribution in [2.75, 3.05) is 23.1 Å². The third-order valence-electron chi connectivity index (χ3n) is 4.91.